The molecule has 1 aliphatic heterocycles. The Kier molecular flexibility index (Phi) is 6.35. The molecule has 1 aromatic carbocycles. The zero-order valence-corrected chi connectivity index (χ0v) is 17.4. The molecule has 32 heavy (non-hydrogen) atoms. The highest BCUT2D eigenvalue weighted by molar-refractivity contribution is 5.82. The van der Waals surface area contributed by atoms with Gasteiger partial charge in [0, 0.05) is 36.3 Å². The predicted octanol–water partition coefficient (Wildman–Crippen LogP) is 1.69. The van der Waals surface area contributed by atoms with Crippen molar-refractivity contribution < 1.29 is 18.3 Å². The fraction of sp³-hybridized carbons (Fsp3) is 0.381. The number of allylic oxidation sites excluding steroid dienone is 1. The van der Waals surface area contributed by atoms with Crippen LogP contribution in [0.5, 0.6) is 5.88 Å². The Bertz CT molecular complexity index is 979. The Hall–Kier alpha value is -3.47. The van der Waals surface area contributed by atoms with Crippen LogP contribution >= 0.6 is 0 Å². The molecule has 0 atom stereocenters. The maximum Gasteiger partial charge on any atom is 0.263 e. The van der Waals surface area contributed by atoms with Crippen LogP contribution in [0, 0.1) is 5.92 Å². The summed E-state index contributed by atoms with van der Waals surface area (Å²) in [6.45, 7) is 1.47. The number of rotatable bonds is 8. The van der Waals surface area contributed by atoms with Gasteiger partial charge in [-0.15, -0.1) is 10.2 Å². The van der Waals surface area contributed by atoms with E-state index in [9.17, 15) is 13.6 Å². The predicted molar refractivity (Wildman–Crippen MR) is 115 cm³/mol. The van der Waals surface area contributed by atoms with E-state index in [1.165, 1.54) is 29.3 Å². The Labute approximate surface area is 184 Å². The number of piperazine rings is 1. The Balaban J connectivity index is 1.45. The molecule has 1 amide bonds. The highest BCUT2D eigenvalue weighted by Crippen LogP contribution is 2.36. The second-order valence-electron chi connectivity index (χ2n) is 7.73. The number of hydrogen-bond donors (Lipinski definition) is 3. The molecular weight excluding hydrogens is 420 g/mol. The number of aromatic nitrogens is 2. The molecule has 5 N–H and O–H groups in total. The Morgan fingerprint density at radius 2 is 1.97 bits per heavy atom. The van der Waals surface area contributed by atoms with E-state index >= 15 is 0 Å². The zero-order valence-electron chi connectivity index (χ0n) is 17.4. The van der Waals surface area contributed by atoms with Crippen LogP contribution in [0.1, 0.15) is 24.8 Å². The first-order chi connectivity index (χ1) is 15.4. The van der Waals surface area contributed by atoms with Crippen molar-refractivity contribution in [3.63, 3.8) is 0 Å². The van der Waals surface area contributed by atoms with Crippen LogP contribution in [-0.4, -0.2) is 42.3 Å². The van der Waals surface area contributed by atoms with E-state index in [4.69, 9.17) is 16.3 Å². The highest BCUT2D eigenvalue weighted by Gasteiger charge is 2.29. The van der Waals surface area contributed by atoms with Gasteiger partial charge in [0.05, 0.1) is 17.9 Å². The number of halogens is 2. The summed E-state index contributed by atoms with van der Waals surface area (Å²) in [5.74, 6) is 7.30. The minimum Gasteiger partial charge on any atom is -0.470 e. The third-order valence-corrected chi connectivity index (χ3v) is 5.41. The van der Waals surface area contributed by atoms with Gasteiger partial charge in [0.15, 0.2) is 5.82 Å². The topological polar surface area (TPSA) is 123 Å². The van der Waals surface area contributed by atoms with E-state index in [-0.39, 0.29) is 36.4 Å². The summed E-state index contributed by atoms with van der Waals surface area (Å²) in [6.07, 6.45) is -0.623. The van der Waals surface area contributed by atoms with Crippen LogP contribution in [0.2, 0.25) is 0 Å². The maximum absolute atomic E-state index is 12.8. The summed E-state index contributed by atoms with van der Waals surface area (Å²) in [5.41, 5.74) is 7.89. The van der Waals surface area contributed by atoms with Crippen LogP contribution in [0.25, 0.3) is 0 Å². The molecule has 2 heterocycles. The average molecular weight is 445 g/mol. The third kappa shape index (κ3) is 5.05. The SMILES string of the molecule is N/C(=C(/COc1ccc(N2CCNC(=O)C2)nn1)N(N)c1ccc(C(F)F)cc1)C1CC1. The number of hydrogen-bond acceptors (Lipinski definition) is 8. The van der Waals surface area contributed by atoms with Gasteiger partial charge in [-0.25, -0.2) is 14.6 Å². The first-order valence-electron chi connectivity index (χ1n) is 10.3. The Morgan fingerprint density at radius 3 is 2.56 bits per heavy atom. The molecule has 2 aliphatic rings. The van der Waals surface area contributed by atoms with Crippen molar-refractivity contribution in [1.82, 2.24) is 15.5 Å². The average Bonchev–Trinajstić information content (AvgIpc) is 3.65. The van der Waals surface area contributed by atoms with E-state index in [1.807, 2.05) is 4.90 Å². The van der Waals surface area contributed by atoms with Crippen molar-refractivity contribution in [3.05, 3.63) is 53.4 Å². The lowest BCUT2D eigenvalue weighted by Crippen LogP contribution is -2.48. The third-order valence-electron chi connectivity index (χ3n) is 5.41. The number of carbonyl (C=O) groups is 1. The van der Waals surface area contributed by atoms with Crippen molar-refractivity contribution in [1.29, 1.82) is 0 Å². The second-order valence-corrected chi connectivity index (χ2v) is 7.73. The summed E-state index contributed by atoms with van der Waals surface area (Å²) in [4.78, 5) is 13.4. The van der Waals surface area contributed by atoms with Gasteiger partial charge >= 0.3 is 0 Å². The van der Waals surface area contributed by atoms with Gasteiger partial charge in [-0.05, 0) is 31.0 Å². The smallest absolute Gasteiger partial charge is 0.263 e. The molecule has 0 bridgehead atoms. The fourth-order valence-electron chi connectivity index (χ4n) is 3.39. The van der Waals surface area contributed by atoms with Crippen LogP contribution in [-0.2, 0) is 4.79 Å². The normalized spacial score (nSPS) is 17.1. The van der Waals surface area contributed by atoms with Gasteiger partial charge in [0.1, 0.15) is 6.61 Å². The maximum atomic E-state index is 12.8. The molecular formula is C21H25F2N7O2. The largest absolute Gasteiger partial charge is 0.470 e. The first-order valence-corrected chi connectivity index (χ1v) is 10.3. The molecule has 2 fully saturated rings. The lowest BCUT2D eigenvalue weighted by Gasteiger charge is -2.27. The summed E-state index contributed by atoms with van der Waals surface area (Å²) >= 11 is 0. The van der Waals surface area contributed by atoms with Crippen molar-refractivity contribution in [2.45, 2.75) is 19.3 Å². The van der Waals surface area contributed by atoms with Crippen molar-refractivity contribution in [2.75, 3.05) is 36.1 Å². The molecule has 1 saturated carbocycles. The van der Waals surface area contributed by atoms with Gasteiger partial charge in [0.2, 0.25) is 11.8 Å². The number of carbonyl (C=O) groups excluding carboxylic acids is 1. The standard InChI is InChI=1S/C21H25F2N7O2/c22-21(23)14-3-5-15(6-4-14)30(25)16(20(24)13-1-2-13)12-32-19-8-7-17(27-28-19)29-10-9-26-18(31)11-29/h3-8,13,21H,1-2,9-12,24-25H2,(H,26,31)/b20-16-. The number of anilines is 2. The van der Waals surface area contributed by atoms with E-state index < -0.39 is 6.43 Å². The van der Waals surface area contributed by atoms with Crippen LogP contribution in [0.15, 0.2) is 47.8 Å². The van der Waals surface area contributed by atoms with Gasteiger partial charge in [-0.1, -0.05) is 12.1 Å². The number of nitrogens with one attached hydrogen (secondary N) is 1. The van der Waals surface area contributed by atoms with Crippen LogP contribution in [0.3, 0.4) is 0 Å². The molecule has 1 aromatic heterocycles. The monoisotopic (exact) mass is 445 g/mol. The Morgan fingerprint density at radius 1 is 1.22 bits per heavy atom. The van der Waals surface area contributed by atoms with Gasteiger partial charge < -0.3 is 20.7 Å². The molecule has 2 aromatic rings. The molecule has 0 radical (unpaired) electrons. The van der Waals surface area contributed by atoms with Crippen molar-refractivity contribution in [3.8, 4) is 5.88 Å². The number of nitrogens with two attached hydrogens (primary N) is 2. The van der Waals surface area contributed by atoms with Crippen LogP contribution in [0.4, 0.5) is 20.3 Å². The van der Waals surface area contributed by atoms with Gasteiger partial charge in [-0.2, -0.15) is 0 Å². The second kappa shape index (κ2) is 9.35. The lowest BCUT2D eigenvalue weighted by molar-refractivity contribution is -0.120. The van der Waals surface area contributed by atoms with Crippen molar-refractivity contribution >= 4 is 17.4 Å². The number of nitrogens with zero attached hydrogens (tertiary/aromatic N) is 4. The minimum atomic E-state index is -2.55. The summed E-state index contributed by atoms with van der Waals surface area (Å²) in [5, 5.41) is 12.3. The number of benzene rings is 1. The van der Waals surface area contributed by atoms with E-state index in [0.29, 0.717) is 36.0 Å². The van der Waals surface area contributed by atoms with E-state index in [0.717, 1.165) is 12.8 Å². The first kappa shape index (κ1) is 21.8. The van der Waals surface area contributed by atoms with Crippen LogP contribution < -0.4 is 31.5 Å². The summed E-state index contributed by atoms with van der Waals surface area (Å²) in [6, 6.07) is 9.10. The van der Waals surface area contributed by atoms with Crippen molar-refractivity contribution in [2.24, 2.45) is 17.5 Å². The number of amides is 1. The molecule has 11 heteroatoms. The fourth-order valence-corrected chi connectivity index (χ4v) is 3.39. The molecule has 1 saturated heterocycles. The number of alkyl halides is 2. The summed E-state index contributed by atoms with van der Waals surface area (Å²) in [7, 11) is 0. The quantitative estimate of drug-likeness (QED) is 0.414. The molecule has 170 valence electrons. The number of hydrazine groups is 1. The summed E-state index contributed by atoms with van der Waals surface area (Å²) < 4.78 is 31.5. The minimum absolute atomic E-state index is 0.0373. The molecule has 0 unspecified atom stereocenters. The molecule has 0 spiro atoms. The lowest BCUT2D eigenvalue weighted by atomic mass is 10.2. The molecule has 1 aliphatic carbocycles. The zero-order chi connectivity index (χ0) is 22.7. The van der Waals surface area contributed by atoms with E-state index in [2.05, 4.69) is 15.5 Å². The number of ether oxygens (including phenoxy) is 1. The van der Waals surface area contributed by atoms with E-state index in [1.54, 1.807) is 12.1 Å². The van der Waals surface area contributed by atoms with Gasteiger partial charge in [-0.3, -0.25) is 9.80 Å². The highest BCUT2D eigenvalue weighted by atomic mass is 19.3. The molecule has 4 rings (SSSR count). The molecule has 9 nitrogen and oxygen atoms in total. The van der Waals surface area contributed by atoms with Gasteiger partial charge in [0.25, 0.3) is 6.43 Å².